The first-order valence-electron chi connectivity index (χ1n) is 21.9. The summed E-state index contributed by atoms with van der Waals surface area (Å²) in [5.74, 6) is 0.640. The molecule has 4 nitrogen and oxygen atoms in total. The van der Waals surface area contributed by atoms with Crippen molar-refractivity contribution in [2.45, 2.75) is 0 Å². The number of hydrogen-bond donors (Lipinski definition) is 0. The molecular weight excluding hydrogens is 777 g/mol. The van der Waals surface area contributed by atoms with Gasteiger partial charge in [0.05, 0.1) is 33.5 Å². The third-order valence-electron chi connectivity index (χ3n) is 13.4. The van der Waals surface area contributed by atoms with Crippen LogP contribution in [0, 0.1) is 0 Å². The van der Waals surface area contributed by atoms with E-state index < -0.39 is 0 Å². The lowest BCUT2D eigenvalue weighted by molar-refractivity contribution is 0.996. The Morgan fingerprint density at radius 3 is 1.53 bits per heavy atom. The summed E-state index contributed by atoms with van der Waals surface area (Å²) in [6.07, 6.45) is 0. The molecule has 64 heavy (non-hydrogen) atoms. The normalized spacial score (nSPS) is 12.1. The van der Waals surface area contributed by atoms with E-state index in [9.17, 15) is 0 Å². The van der Waals surface area contributed by atoms with Crippen molar-refractivity contribution in [3.05, 3.63) is 218 Å². The molecule has 0 aliphatic carbocycles. The Bertz CT molecular complexity index is 4110. The van der Waals surface area contributed by atoms with Gasteiger partial charge in [0.2, 0.25) is 5.95 Å². The molecule has 14 rings (SSSR count). The number of fused-ring (bicyclic) bond motifs is 6. The Kier molecular flexibility index (Phi) is 7.36. The fourth-order valence-electron chi connectivity index (χ4n) is 10.4. The summed E-state index contributed by atoms with van der Waals surface area (Å²) in [5.41, 5.74) is 12.0. The molecule has 0 saturated heterocycles. The number of nitrogens with zero attached hydrogens (tertiary/aromatic N) is 4. The van der Waals surface area contributed by atoms with E-state index in [1.165, 1.54) is 81.7 Å². The summed E-state index contributed by atoms with van der Waals surface area (Å²) in [6.45, 7) is 0. The van der Waals surface area contributed by atoms with Crippen LogP contribution in [-0.4, -0.2) is 19.1 Å². The minimum Gasteiger partial charge on any atom is -0.309 e. The maximum atomic E-state index is 5.40. The quantitative estimate of drug-likeness (QED) is 0.162. The minimum absolute atomic E-state index is 0.640. The lowest BCUT2D eigenvalue weighted by Crippen LogP contribution is -2.04. The monoisotopic (exact) mass is 812 g/mol. The second-order valence-electron chi connectivity index (χ2n) is 17.0. The number of benzene rings is 11. The fraction of sp³-hybridized carbons (Fsp3) is 0. The summed E-state index contributed by atoms with van der Waals surface area (Å²) in [7, 11) is 0. The van der Waals surface area contributed by atoms with Crippen molar-refractivity contribution in [1.82, 2.24) is 19.1 Å². The Morgan fingerprint density at radius 2 is 0.812 bits per heavy atom. The highest BCUT2D eigenvalue weighted by molar-refractivity contribution is 6.27. The zero-order valence-electron chi connectivity index (χ0n) is 34.6. The summed E-state index contributed by atoms with van der Waals surface area (Å²) in [5, 5.41) is 14.6. The summed E-state index contributed by atoms with van der Waals surface area (Å²) >= 11 is 0. The molecule has 3 heterocycles. The van der Waals surface area contributed by atoms with Crippen molar-refractivity contribution in [3.8, 4) is 45.3 Å². The van der Waals surface area contributed by atoms with Crippen LogP contribution in [0.4, 0.5) is 0 Å². The molecule has 0 amide bonds. The van der Waals surface area contributed by atoms with Crippen LogP contribution < -0.4 is 0 Å². The van der Waals surface area contributed by atoms with Gasteiger partial charge in [-0.25, -0.2) is 9.97 Å². The van der Waals surface area contributed by atoms with Crippen LogP contribution in [0.1, 0.15) is 0 Å². The van der Waals surface area contributed by atoms with E-state index in [0.29, 0.717) is 5.95 Å². The first kappa shape index (κ1) is 35.0. The zero-order chi connectivity index (χ0) is 41.9. The predicted molar refractivity (Wildman–Crippen MR) is 268 cm³/mol. The highest BCUT2D eigenvalue weighted by atomic mass is 15.2. The molecular formula is C60H36N4. The third kappa shape index (κ3) is 5.23. The molecule has 3 aromatic heterocycles. The van der Waals surface area contributed by atoms with Gasteiger partial charge in [-0.3, -0.25) is 4.57 Å². The molecule has 0 radical (unpaired) electrons. The Hall–Kier alpha value is -8.60. The molecule has 0 spiro atoms. The van der Waals surface area contributed by atoms with Crippen molar-refractivity contribution in [3.63, 3.8) is 0 Å². The molecule has 11 aromatic carbocycles. The summed E-state index contributed by atoms with van der Waals surface area (Å²) in [4.78, 5) is 10.8. The molecule has 0 fully saturated rings. The zero-order valence-corrected chi connectivity index (χ0v) is 34.6. The number of aromatic nitrogens is 4. The average molecular weight is 813 g/mol. The van der Waals surface area contributed by atoms with E-state index in [4.69, 9.17) is 9.97 Å². The van der Waals surface area contributed by atoms with Crippen LogP contribution in [0.5, 0.6) is 0 Å². The lowest BCUT2D eigenvalue weighted by atomic mass is 9.94. The fourth-order valence-corrected chi connectivity index (χ4v) is 10.4. The maximum Gasteiger partial charge on any atom is 0.235 e. The number of para-hydroxylation sites is 1. The highest BCUT2D eigenvalue weighted by Crippen LogP contribution is 2.44. The summed E-state index contributed by atoms with van der Waals surface area (Å²) in [6, 6.07) is 79.3. The van der Waals surface area contributed by atoms with Gasteiger partial charge >= 0.3 is 0 Å². The molecule has 296 valence electrons. The third-order valence-corrected chi connectivity index (χ3v) is 13.4. The smallest absolute Gasteiger partial charge is 0.235 e. The van der Waals surface area contributed by atoms with E-state index >= 15 is 0 Å². The Morgan fingerprint density at radius 1 is 0.281 bits per heavy atom. The molecule has 0 saturated carbocycles. The van der Waals surface area contributed by atoms with Gasteiger partial charge < -0.3 is 4.57 Å². The van der Waals surface area contributed by atoms with Crippen molar-refractivity contribution < 1.29 is 0 Å². The highest BCUT2D eigenvalue weighted by Gasteiger charge is 2.22. The van der Waals surface area contributed by atoms with E-state index in [-0.39, 0.29) is 0 Å². The van der Waals surface area contributed by atoms with Crippen LogP contribution in [0.15, 0.2) is 218 Å². The Balaban J connectivity index is 0.972. The van der Waals surface area contributed by atoms with Crippen molar-refractivity contribution in [2.75, 3.05) is 0 Å². The van der Waals surface area contributed by atoms with Gasteiger partial charge in [0, 0.05) is 38.4 Å². The van der Waals surface area contributed by atoms with Gasteiger partial charge in [0.1, 0.15) is 0 Å². The lowest BCUT2D eigenvalue weighted by Gasteiger charge is -2.13. The first-order valence-corrected chi connectivity index (χ1v) is 21.9. The molecule has 0 aliphatic rings. The van der Waals surface area contributed by atoms with Crippen molar-refractivity contribution in [1.29, 1.82) is 0 Å². The van der Waals surface area contributed by atoms with Crippen molar-refractivity contribution >= 4 is 86.7 Å². The minimum atomic E-state index is 0.640. The molecule has 0 N–H and O–H groups in total. The van der Waals surface area contributed by atoms with Gasteiger partial charge in [-0.15, -0.1) is 0 Å². The van der Waals surface area contributed by atoms with Gasteiger partial charge in [-0.05, 0) is 115 Å². The van der Waals surface area contributed by atoms with E-state index in [0.717, 1.165) is 44.3 Å². The van der Waals surface area contributed by atoms with Crippen molar-refractivity contribution in [2.24, 2.45) is 0 Å². The van der Waals surface area contributed by atoms with Gasteiger partial charge in [0.15, 0.2) is 0 Å². The van der Waals surface area contributed by atoms with Gasteiger partial charge in [-0.2, -0.15) is 0 Å². The van der Waals surface area contributed by atoms with Gasteiger partial charge in [0.25, 0.3) is 0 Å². The first-order chi connectivity index (χ1) is 31.7. The van der Waals surface area contributed by atoms with Crippen LogP contribution >= 0.6 is 0 Å². The largest absolute Gasteiger partial charge is 0.309 e. The molecule has 4 heteroatoms. The molecule has 0 bridgehead atoms. The second kappa shape index (κ2) is 13.4. The average Bonchev–Trinajstić information content (AvgIpc) is 3.88. The van der Waals surface area contributed by atoms with Crippen LogP contribution in [-0.2, 0) is 0 Å². The predicted octanol–water partition coefficient (Wildman–Crippen LogP) is 15.7. The van der Waals surface area contributed by atoms with E-state index in [1.807, 2.05) is 0 Å². The van der Waals surface area contributed by atoms with Gasteiger partial charge in [-0.1, -0.05) is 158 Å². The van der Waals surface area contributed by atoms with Crippen LogP contribution in [0.25, 0.3) is 132 Å². The van der Waals surface area contributed by atoms with E-state index in [1.54, 1.807) is 0 Å². The maximum absolute atomic E-state index is 5.40. The molecule has 0 aliphatic heterocycles. The van der Waals surface area contributed by atoms with Crippen LogP contribution in [0.2, 0.25) is 0 Å². The van der Waals surface area contributed by atoms with E-state index in [2.05, 4.69) is 228 Å². The Labute approximate surface area is 367 Å². The molecule has 0 unspecified atom stereocenters. The number of rotatable bonds is 5. The van der Waals surface area contributed by atoms with Crippen LogP contribution in [0.3, 0.4) is 0 Å². The molecule has 0 atom stereocenters. The topological polar surface area (TPSA) is 35.6 Å². The molecule has 14 aromatic rings. The summed E-state index contributed by atoms with van der Waals surface area (Å²) < 4.78 is 4.69. The second-order valence-corrected chi connectivity index (χ2v) is 17.0. The SMILES string of the molecule is c1ccc2cc(-c3cc(-c4ccc5ccccc5c4)nc(-n4c5ccccc5c5cc(-c6ccc7c8c6ccc6cccc(c68)n7-c6ccc7ccccc7c6)ccc54)n3)ccc2c1. The standard InChI is InChI=1S/C60H36N4/c1-4-13-41-32-45(22-20-37(41)10-1)52-36-53(46-23-21-38-11-2-5-14-42(38)33-46)62-60(61-52)64-54-18-8-7-17-49(54)51-35-44(26-30-55(51)64)48-29-31-57-59-50(48)28-25-40-16-9-19-56(58(40)59)63(57)47-27-24-39-12-3-6-15-43(39)34-47/h1-36H. The number of hydrogen-bond acceptors (Lipinski definition) is 2.